The van der Waals surface area contributed by atoms with Crippen LogP contribution in [0.1, 0.15) is 54.0 Å². The van der Waals surface area contributed by atoms with Crippen LogP contribution in [0.2, 0.25) is 0 Å². The maximum absolute atomic E-state index is 10.2. The topological polar surface area (TPSA) is 77.2 Å². The zero-order valence-corrected chi connectivity index (χ0v) is 31.2. The number of nitrogens with zero attached hydrogens (tertiary/aromatic N) is 7. The fourth-order valence-electron chi connectivity index (χ4n) is 7.87. The van der Waals surface area contributed by atoms with E-state index < -0.39 is 150 Å². The van der Waals surface area contributed by atoms with Crippen molar-refractivity contribution in [3.8, 4) is 29.1 Å². The third kappa shape index (κ3) is 5.54. The molecule has 0 aliphatic rings. The van der Waals surface area contributed by atoms with Gasteiger partial charge in [-0.05, 0) is 71.6 Å². The molecule has 0 saturated carbocycles. The van der Waals surface area contributed by atoms with Gasteiger partial charge < -0.3 is 9.13 Å². The van der Waals surface area contributed by atoms with Crippen LogP contribution in [0.5, 0.6) is 0 Å². The quantitative estimate of drug-likeness (QED) is 0.161. The standard InChI is InChI=1S/C54H35N7/c55-33-35-29-30-51-44(31-35)42-21-7-13-27-49(42)61(51)54-57-52(32-36-15-1-2-16-37(36)34-59-45-23-9-3-17-38(45)39-18-4-10-24-46(39)59)56-53(58-54)43-22-8-14-28-50(43)60-47-25-11-5-19-40(47)41-20-6-12-26-48(41)60/h1-31H,32,34H2/i3D,4D,5D,6D,7D,9D,10D,11D,12D,13D,17D,18D,19D,20D,21D,23D,24D,25D,26D,27D,29D,30D,31D. The monoisotopic (exact) mass is 804 g/mol. The number of benzene rings is 8. The first kappa shape index (κ1) is 18.7. The highest BCUT2D eigenvalue weighted by atomic mass is 15.2. The molecule has 0 atom stereocenters. The van der Waals surface area contributed by atoms with E-state index >= 15 is 0 Å². The van der Waals surface area contributed by atoms with Crippen LogP contribution in [0, 0.1) is 11.3 Å². The second-order valence-electron chi connectivity index (χ2n) is 13.8. The summed E-state index contributed by atoms with van der Waals surface area (Å²) in [5.74, 6) is -0.922. The zero-order chi connectivity index (χ0) is 60.5. The Labute approximate surface area is 383 Å². The largest absolute Gasteiger partial charge is 0.336 e. The Hall–Kier alpha value is -8.34. The third-order valence-electron chi connectivity index (χ3n) is 10.5. The predicted molar refractivity (Wildman–Crippen MR) is 246 cm³/mol. The summed E-state index contributed by atoms with van der Waals surface area (Å²) in [6.45, 7) is -0.288. The SMILES string of the molecule is [2H]c1c([2H])c([2H])c2c(c1[2H])c1c([2H])c([2H])c([2H])c([2H])c1n2Cc1ccccc1Cc1nc(-c2ccccc2-n2c3c([2H])c([2H])c([2H])c([2H])c3c3c([2H])c([2H])c([2H])c([2H])c32)nc(-n2c3c([2H])c([2H])c([2H])c([2H])c3c3c([2H])c(C#N)c([2H])c([2H])c32)n1. The van der Waals surface area contributed by atoms with E-state index in [9.17, 15) is 12.1 Å². The average Bonchev–Trinajstić information content (AvgIpc) is 2.28. The van der Waals surface area contributed by atoms with Gasteiger partial charge in [0, 0.05) is 61.9 Å². The molecule has 0 aliphatic heterocycles. The van der Waals surface area contributed by atoms with Crippen LogP contribution >= 0.6 is 0 Å². The van der Waals surface area contributed by atoms with Gasteiger partial charge in [-0.25, -0.2) is 4.98 Å². The number of hydrogen-bond acceptors (Lipinski definition) is 4. The molecule has 0 amide bonds. The van der Waals surface area contributed by atoms with Gasteiger partial charge in [-0.15, -0.1) is 0 Å². The van der Waals surface area contributed by atoms with Gasteiger partial charge in [0.2, 0.25) is 5.95 Å². The van der Waals surface area contributed by atoms with Crippen LogP contribution < -0.4 is 0 Å². The van der Waals surface area contributed by atoms with E-state index in [2.05, 4.69) is 0 Å². The summed E-state index contributed by atoms with van der Waals surface area (Å²) in [5.41, 5.74) is -1.29. The lowest BCUT2D eigenvalue weighted by atomic mass is 10.0. The molecule has 286 valence electrons. The van der Waals surface area contributed by atoms with Gasteiger partial charge in [0.1, 0.15) is 5.82 Å². The first-order valence-corrected chi connectivity index (χ1v) is 18.6. The summed E-state index contributed by atoms with van der Waals surface area (Å²) >= 11 is 0. The molecule has 8 aromatic carbocycles. The summed E-state index contributed by atoms with van der Waals surface area (Å²) in [5, 5.41) is 8.77. The molecular weight excluding hydrogens is 747 g/mol. The van der Waals surface area contributed by atoms with Gasteiger partial charge in [-0.1, -0.05) is 127 Å². The first-order chi connectivity index (χ1) is 39.8. The molecule has 12 rings (SSSR count). The van der Waals surface area contributed by atoms with Crippen LogP contribution in [0.3, 0.4) is 0 Å². The third-order valence-corrected chi connectivity index (χ3v) is 10.5. The van der Waals surface area contributed by atoms with E-state index in [0.717, 1.165) is 4.57 Å². The minimum atomic E-state index is -0.754. The number of hydrogen-bond donors (Lipinski definition) is 0. The van der Waals surface area contributed by atoms with E-state index in [1.165, 1.54) is 27.3 Å². The fraction of sp³-hybridized carbons (Fsp3) is 0.0370. The van der Waals surface area contributed by atoms with Crippen LogP contribution in [0.4, 0.5) is 0 Å². The van der Waals surface area contributed by atoms with Crippen molar-refractivity contribution in [2.24, 2.45) is 0 Å². The average molecular weight is 805 g/mol. The molecular formula is C54H35N7. The molecule has 0 radical (unpaired) electrons. The van der Waals surface area contributed by atoms with Crippen molar-refractivity contribution in [3.05, 3.63) is 210 Å². The molecule has 0 bridgehead atoms. The Morgan fingerprint density at radius 1 is 0.492 bits per heavy atom. The molecule has 0 N–H and O–H groups in total. The minimum Gasteiger partial charge on any atom is -0.336 e. The molecule has 4 heterocycles. The Balaban J connectivity index is 1.19. The van der Waals surface area contributed by atoms with Crippen LogP contribution in [-0.2, 0) is 13.0 Å². The van der Waals surface area contributed by atoms with Gasteiger partial charge >= 0.3 is 0 Å². The first-order valence-electron chi connectivity index (χ1n) is 30.1. The van der Waals surface area contributed by atoms with Crippen molar-refractivity contribution in [1.82, 2.24) is 28.7 Å². The molecule has 0 unspecified atom stereocenters. The molecule has 0 fully saturated rings. The zero-order valence-electron chi connectivity index (χ0n) is 54.2. The second-order valence-corrected chi connectivity index (χ2v) is 13.8. The molecule has 7 heteroatoms. The van der Waals surface area contributed by atoms with Crippen molar-refractivity contribution >= 4 is 65.4 Å². The Morgan fingerprint density at radius 2 is 1.00 bits per heavy atom. The van der Waals surface area contributed by atoms with Crippen molar-refractivity contribution in [3.63, 3.8) is 0 Å². The number of nitriles is 1. The molecule has 4 aromatic heterocycles. The lowest BCUT2D eigenvalue weighted by Crippen LogP contribution is -2.11. The maximum atomic E-state index is 10.2. The van der Waals surface area contributed by atoms with Crippen LogP contribution in [0.15, 0.2) is 188 Å². The van der Waals surface area contributed by atoms with Crippen molar-refractivity contribution in [1.29, 1.82) is 5.26 Å². The summed E-state index contributed by atoms with van der Waals surface area (Å²) < 4.78 is 209. The van der Waals surface area contributed by atoms with Crippen molar-refractivity contribution in [2.75, 3.05) is 0 Å². The lowest BCUT2D eigenvalue weighted by molar-refractivity contribution is 0.834. The van der Waals surface area contributed by atoms with Crippen molar-refractivity contribution in [2.45, 2.75) is 13.0 Å². The van der Waals surface area contributed by atoms with E-state index in [4.69, 9.17) is 39.6 Å². The number of fused-ring (bicyclic) bond motifs is 9. The van der Waals surface area contributed by atoms with Gasteiger partial charge in [-0.3, -0.25) is 4.57 Å². The summed E-state index contributed by atoms with van der Waals surface area (Å²) in [6, 6.07) is -0.333. The highest BCUT2D eigenvalue weighted by molar-refractivity contribution is 6.11. The number of para-hydroxylation sites is 6. The molecule has 7 nitrogen and oxygen atoms in total. The molecule has 0 saturated heterocycles. The van der Waals surface area contributed by atoms with Crippen molar-refractivity contribution < 1.29 is 31.5 Å². The maximum Gasteiger partial charge on any atom is 0.238 e. The number of rotatable bonds is 7. The molecule has 61 heavy (non-hydrogen) atoms. The summed E-state index contributed by atoms with van der Waals surface area (Å²) in [6.07, 6.45) is -0.306. The Morgan fingerprint density at radius 3 is 1.64 bits per heavy atom. The van der Waals surface area contributed by atoms with E-state index in [0.29, 0.717) is 11.1 Å². The Bertz CT molecular complexity index is 4940. The van der Waals surface area contributed by atoms with E-state index in [1.807, 2.05) is 0 Å². The van der Waals surface area contributed by atoms with E-state index in [1.54, 1.807) is 36.4 Å². The van der Waals surface area contributed by atoms with Crippen LogP contribution in [-0.4, -0.2) is 28.7 Å². The molecule has 0 aliphatic carbocycles. The highest BCUT2D eigenvalue weighted by Gasteiger charge is 2.22. The second kappa shape index (κ2) is 13.9. The van der Waals surface area contributed by atoms with Gasteiger partial charge in [0.05, 0.1) is 70.9 Å². The molecule has 12 aromatic rings. The fourth-order valence-corrected chi connectivity index (χ4v) is 7.87. The normalized spacial score (nSPS) is 17.0. The number of aromatic nitrogens is 6. The smallest absolute Gasteiger partial charge is 0.238 e. The Kier molecular flexibility index (Phi) is 4.26. The minimum absolute atomic E-state index is 0.00533. The van der Waals surface area contributed by atoms with Gasteiger partial charge in [-0.2, -0.15) is 15.2 Å². The predicted octanol–water partition coefficient (Wildman–Crippen LogP) is 12.4. The summed E-state index contributed by atoms with van der Waals surface area (Å²) in [4.78, 5) is 14.7. The van der Waals surface area contributed by atoms with E-state index in [-0.39, 0.29) is 101 Å². The molecule has 0 spiro atoms. The van der Waals surface area contributed by atoms with Gasteiger partial charge in [0.25, 0.3) is 0 Å². The van der Waals surface area contributed by atoms with Gasteiger partial charge in [0.15, 0.2) is 5.82 Å². The summed E-state index contributed by atoms with van der Waals surface area (Å²) in [7, 11) is 0. The lowest BCUT2D eigenvalue weighted by Gasteiger charge is -2.16. The highest BCUT2D eigenvalue weighted by Crippen LogP contribution is 2.37. The van der Waals surface area contributed by atoms with Crippen LogP contribution in [0.25, 0.3) is 88.4 Å².